The van der Waals surface area contributed by atoms with Crippen LogP contribution in [0.3, 0.4) is 0 Å². The minimum absolute atomic E-state index is 0.151. The largest absolute Gasteiger partial charge is 0.496 e. The van der Waals surface area contributed by atoms with Crippen molar-refractivity contribution in [1.29, 1.82) is 0 Å². The maximum absolute atomic E-state index is 10.9. The first kappa shape index (κ1) is 13.9. The Morgan fingerprint density at radius 1 is 1.25 bits per heavy atom. The van der Waals surface area contributed by atoms with Crippen LogP contribution in [0.2, 0.25) is 0 Å². The molecule has 1 N–H and O–H groups in total. The van der Waals surface area contributed by atoms with Gasteiger partial charge in [0.1, 0.15) is 11.5 Å². The second kappa shape index (κ2) is 5.24. The Morgan fingerprint density at radius 2 is 1.95 bits per heavy atom. The fourth-order valence-electron chi connectivity index (χ4n) is 2.13. The smallest absolute Gasteiger partial charge is 0.358 e. The average molecular weight is 277 g/mol. The molecule has 1 aromatic carbocycles. The van der Waals surface area contributed by atoms with Crippen molar-refractivity contribution in [3.63, 3.8) is 0 Å². The lowest BCUT2D eigenvalue weighted by Crippen LogP contribution is -1.97. The van der Waals surface area contributed by atoms with Crippen molar-refractivity contribution in [2.45, 2.75) is 13.8 Å². The summed E-state index contributed by atoms with van der Waals surface area (Å²) in [5.41, 5.74) is 2.15. The highest BCUT2D eigenvalue weighted by molar-refractivity contribution is 5.87. The molecule has 0 bridgehead atoms. The molecule has 2 rings (SSSR count). The molecule has 20 heavy (non-hydrogen) atoms. The Kier molecular flexibility index (Phi) is 3.65. The van der Waals surface area contributed by atoms with Crippen LogP contribution in [0.15, 0.2) is 16.7 Å². The SMILES string of the molecule is COc1cc(C)c(OC)c(-c2cc(C(=O)O)no2)c1C. The number of carboxylic acid groups (broad SMARTS) is 1. The third kappa shape index (κ3) is 2.20. The number of nitrogens with zero attached hydrogens (tertiary/aromatic N) is 1. The van der Waals surface area contributed by atoms with Gasteiger partial charge in [-0.15, -0.1) is 0 Å². The zero-order valence-electron chi connectivity index (χ0n) is 11.7. The predicted molar refractivity (Wildman–Crippen MR) is 71.5 cm³/mol. The highest BCUT2D eigenvalue weighted by atomic mass is 16.5. The number of hydrogen-bond donors (Lipinski definition) is 1. The van der Waals surface area contributed by atoms with E-state index >= 15 is 0 Å². The second-order valence-corrected chi connectivity index (χ2v) is 4.31. The summed E-state index contributed by atoms with van der Waals surface area (Å²) in [6.45, 7) is 3.72. The van der Waals surface area contributed by atoms with Crippen LogP contribution < -0.4 is 9.47 Å². The predicted octanol–water partition coefficient (Wildman–Crippen LogP) is 2.67. The number of aromatic carboxylic acids is 1. The van der Waals surface area contributed by atoms with Crippen LogP contribution in [0.4, 0.5) is 0 Å². The van der Waals surface area contributed by atoms with Crippen LogP contribution in [-0.2, 0) is 0 Å². The molecule has 0 atom stereocenters. The van der Waals surface area contributed by atoms with Crippen molar-refractivity contribution >= 4 is 5.97 Å². The van der Waals surface area contributed by atoms with Gasteiger partial charge in [-0.05, 0) is 25.5 Å². The van der Waals surface area contributed by atoms with Crippen molar-refractivity contribution in [2.75, 3.05) is 14.2 Å². The molecule has 0 unspecified atom stereocenters. The van der Waals surface area contributed by atoms with Crippen LogP contribution >= 0.6 is 0 Å². The number of carboxylic acids is 1. The third-order valence-corrected chi connectivity index (χ3v) is 3.08. The van der Waals surface area contributed by atoms with Crippen molar-refractivity contribution < 1.29 is 23.9 Å². The van der Waals surface area contributed by atoms with Gasteiger partial charge in [-0.1, -0.05) is 5.16 Å². The first-order chi connectivity index (χ1) is 9.49. The van der Waals surface area contributed by atoms with E-state index in [1.807, 2.05) is 19.9 Å². The minimum atomic E-state index is -1.14. The summed E-state index contributed by atoms with van der Waals surface area (Å²) in [7, 11) is 3.12. The molecule has 0 spiro atoms. The lowest BCUT2D eigenvalue weighted by atomic mass is 10.00. The molecular formula is C14H15NO5. The molecule has 0 amide bonds. The Bertz CT molecular complexity index is 660. The van der Waals surface area contributed by atoms with E-state index in [2.05, 4.69) is 5.16 Å². The van der Waals surface area contributed by atoms with Gasteiger partial charge in [0.25, 0.3) is 0 Å². The van der Waals surface area contributed by atoms with Gasteiger partial charge in [-0.3, -0.25) is 0 Å². The molecule has 0 saturated heterocycles. The lowest BCUT2D eigenvalue weighted by molar-refractivity contribution is 0.0686. The van der Waals surface area contributed by atoms with E-state index < -0.39 is 5.97 Å². The van der Waals surface area contributed by atoms with E-state index in [0.29, 0.717) is 22.8 Å². The van der Waals surface area contributed by atoms with Gasteiger partial charge in [0.2, 0.25) is 0 Å². The van der Waals surface area contributed by atoms with Gasteiger partial charge < -0.3 is 19.1 Å². The summed E-state index contributed by atoms with van der Waals surface area (Å²) in [6.07, 6.45) is 0. The molecule has 0 aliphatic carbocycles. The normalized spacial score (nSPS) is 10.4. The zero-order valence-corrected chi connectivity index (χ0v) is 11.7. The molecule has 0 fully saturated rings. The first-order valence-electron chi connectivity index (χ1n) is 5.92. The number of methoxy groups -OCH3 is 2. The number of rotatable bonds is 4. The van der Waals surface area contributed by atoms with Gasteiger partial charge >= 0.3 is 5.97 Å². The molecule has 0 aliphatic heterocycles. The fraction of sp³-hybridized carbons (Fsp3) is 0.286. The van der Waals surface area contributed by atoms with E-state index in [9.17, 15) is 4.79 Å². The van der Waals surface area contributed by atoms with Crippen LogP contribution in [0.1, 0.15) is 21.6 Å². The average Bonchev–Trinajstić information content (AvgIpc) is 2.89. The molecule has 2 aromatic rings. The van der Waals surface area contributed by atoms with Gasteiger partial charge in [0, 0.05) is 11.6 Å². The lowest BCUT2D eigenvalue weighted by Gasteiger charge is -2.15. The van der Waals surface area contributed by atoms with E-state index in [1.165, 1.54) is 6.07 Å². The summed E-state index contributed by atoms with van der Waals surface area (Å²) in [4.78, 5) is 10.9. The van der Waals surface area contributed by atoms with Crippen molar-refractivity contribution in [1.82, 2.24) is 5.16 Å². The molecule has 1 aromatic heterocycles. The maximum Gasteiger partial charge on any atom is 0.358 e. The number of hydrogen-bond acceptors (Lipinski definition) is 5. The third-order valence-electron chi connectivity index (χ3n) is 3.08. The van der Waals surface area contributed by atoms with Gasteiger partial charge in [-0.2, -0.15) is 0 Å². The molecular weight excluding hydrogens is 262 g/mol. The van der Waals surface area contributed by atoms with Crippen molar-refractivity contribution in [3.8, 4) is 22.8 Å². The summed E-state index contributed by atoms with van der Waals surface area (Å²) >= 11 is 0. The topological polar surface area (TPSA) is 81.8 Å². The van der Waals surface area contributed by atoms with Gasteiger partial charge in [-0.25, -0.2) is 4.79 Å². The standard InChI is InChI=1S/C14H15NO5/c1-7-5-10(18-3)8(2)12(13(7)19-4)11-6-9(14(16)17)15-20-11/h5-6H,1-4H3,(H,16,17). The molecule has 0 saturated carbocycles. The van der Waals surface area contributed by atoms with E-state index in [0.717, 1.165) is 11.1 Å². The highest BCUT2D eigenvalue weighted by Crippen LogP contribution is 2.40. The number of carbonyl (C=O) groups is 1. The van der Waals surface area contributed by atoms with E-state index in [4.69, 9.17) is 19.1 Å². The molecule has 6 nitrogen and oxygen atoms in total. The molecule has 6 heteroatoms. The minimum Gasteiger partial charge on any atom is -0.496 e. The maximum atomic E-state index is 10.9. The fourth-order valence-corrected chi connectivity index (χ4v) is 2.13. The highest BCUT2D eigenvalue weighted by Gasteiger charge is 2.21. The Labute approximate surface area is 115 Å². The monoisotopic (exact) mass is 277 g/mol. The van der Waals surface area contributed by atoms with Crippen molar-refractivity contribution in [2.24, 2.45) is 0 Å². The van der Waals surface area contributed by atoms with Crippen molar-refractivity contribution in [3.05, 3.63) is 29.0 Å². The van der Waals surface area contributed by atoms with Gasteiger partial charge in [0.05, 0.1) is 19.8 Å². The second-order valence-electron chi connectivity index (χ2n) is 4.31. The van der Waals surface area contributed by atoms with Crippen LogP contribution in [-0.4, -0.2) is 30.5 Å². The van der Waals surface area contributed by atoms with Gasteiger partial charge in [0.15, 0.2) is 11.5 Å². The number of aryl methyl sites for hydroxylation is 1. The Morgan fingerprint density at radius 3 is 2.45 bits per heavy atom. The number of benzene rings is 1. The zero-order chi connectivity index (χ0) is 14.9. The Balaban J connectivity index is 2.69. The summed E-state index contributed by atoms with van der Waals surface area (Å²) in [5, 5.41) is 12.4. The number of aromatic nitrogens is 1. The first-order valence-corrected chi connectivity index (χ1v) is 5.92. The molecule has 0 radical (unpaired) electrons. The molecule has 1 heterocycles. The molecule has 0 aliphatic rings. The van der Waals surface area contributed by atoms with Crippen LogP contribution in [0, 0.1) is 13.8 Å². The summed E-state index contributed by atoms with van der Waals surface area (Å²) in [6, 6.07) is 3.22. The number of ether oxygens (including phenoxy) is 2. The summed E-state index contributed by atoms with van der Waals surface area (Å²) in [5.74, 6) is 0.470. The van der Waals surface area contributed by atoms with E-state index in [1.54, 1.807) is 14.2 Å². The Hall–Kier alpha value is -2.50. The molecule has 106 valence electrons. The van der Waals surface area contributed by atoms with Crippen LogP contribution in [0.25, 0.3) is 11.3 Å². The summed E-state index contributed by atoms with van der Waals surface area (Å²) < 4.78 is 15.8. The van der Waals surface area contributed by atoms with E-state index in [-0.39, 0.29) is 5.69 Å². The quantitative estimate of drug-likeness (QED) is 0.925. The van der Waals surface area contributed by atoms with Crippen LogP contribution in [0.5, 0.6) is 11.5 Å².